The van der Waals surface area contributed by atoms with Crippen molar-refractivity contribution in [3.63, 3.8) is 0 Å². The molecule has 0 aromatic heterocycles. The van der Waals surface area contributed by atoms with Gasteiger partial charge in [-0.05, 0) is 94.6 Å². The quantitative estimate of drug-likeness (QED) is 0.367. The lowest BCUT2D eigenvalue weighted by atomic mass is 10.1. The summed E-state index contributed by atoms with van der Waals surface area (Å²) in [6.45, 7) is 0. The average Bonchev–Trinajstić information content (AvgIpc) is 3.35. The van der Waals surface area contributed by atoms with Gasteiger partial charge in [-0.2, -0.15) is 13.2 Å². The Balaban J connectivity index is 1.50. The van der Waals surface area contributed by atoms with E-state index in [1.54, 1.807) is 4.90 Å². The van der Waals surface area contributed by atoms with E-state index in [1.165, 1.54) is 23.3 Å². The second-order valence-electron chi connectivity index (χ2n) is 8.23. The fourth-order valence-corrected chi connectivity index (χ4v) is 5.16. The molecule has 0 fully saturated rings. The van der Waals surface area contributed by atoms with E-state index in [2.05, 4.69) is 40.0 Å². The first-order valence-electron chi connectivity index (χ1n) is 10.6. The number of hydrogen-bond acceptors (Lipinski definition) is 2. The molecule has 7 heteroatoms. The highest BCUT2D eigenvalue weighted by Gasteiger charge is 2.37. The van der Waals surface area contributed by atoms with Crippen LogP contribution in [0.3, 0.4) is 0 Å². The van der Waals surface area contributed by atoms with E-state index in [-0.39, 0.29) is 11.9 Å². The van der Waals surface area contributed by atoms with Gasteiger partial charge in [-0.15, -0.1) is 0 Å². The van der Waals surface area contributed by atoms with Crippen LogP contribution in [-0.2, 0) is 17.4 Å². The first-order valence-corrected chi connectivity index (χ1v) is 11.7. The molecule has 1 aliphatic heterocycles. The van der Waals surface area contributed by atoms with Crippen molar-refractivity contribution in [3.05, 3.63) is 110 Å². The molecule has 0 saturated heterocycles. The summed E-state index contributed by atoms with van der Waals surface area (Å²) >= 11 is 2.21. The molecule has 1 heterocycles. The van der Waals surface area contributed by atoms with Gasteiger partial charge in [0.25, 0.3) is 5.91 Å². The molecule has 0 spiro atoms. The second kappa shape index (κ2) is 8.52. The van der Waals surface area contributed by atoms with Crippen molar-refractivity contribution in [1.82, 2.24) is 5.32 Å². The Morgan fingerprint density at radius 2 is 1.73 bits per heavy atom. The first-order chi connectivity index (χ1) is 15.8. The fraction of sp³-hybridized carbons (Fsp3) is 0.192. The molecule has 1 amide bonds. The van der Waals surface area contributed by atoms with Crippen molar-refractivity contribution >= 4 is 34.2 Å². The molecule has 0 radical (unpaired) electrons. The molecule has 3 nitrogen and oxygen atoms in total. The predicted molar refractivity (Wildman–Crippen MR) is 130 cm³/mol. The third-order valence-electron chi connectivity index (χ3n) is 6.18. The van der Waals surface area contributed by atoms with E-state index in [1.807, 2.05) is 42.5 Å². The van der Waals surface area contributed by atoms with Crippen molar-refractivity contribution < 1.29 is 18.0 Å². The maximum atomic E-state index is 13.5. The molecule has 3 aromatic rings. The third-order valence-corrected chi connectivity index (χ3v) is 6.85. The predicted octanol–water partition coefficient (Wildman–Crippen LogP) is 6.56. The molecule has 3 aromatic carbocycles. The van der Waals surface area contributed by atoms with Gasteiger partial charge in [-0.25, -0.2) is 0 Å². The van der Waals surface area contributed by atoms with Crippen LogP contribution in [0.5, 0.6) is 0 Å². The Morgan fingerprint density at radius 3 is 2.45 bits per heavy atom. The van der Waals surface area contributed by atoms with E-state index < -0.39 is 17.8 Å². The molecular weight excluding hydrogens is 540 g/mol. The van der Waals surface area contributed by atoms with Gasteiger partial charge in [0, 0.05) is 9.26 Å². The summed E-state index contributed by atoms with van der Waals surface area (Å²) in [4.78, 5) is 15.1. The van der Waals surface area contributed by atoms with Crippen LogP contribution < -0.4 is 10.2 Å². The normalized spacial score (nSPS) is 20.1. The van der Waals surface area contributed by atoms with Gasteiger partial charge in [0.1, 0.15) is 0 Å². The van der Waals surface area contributed by atoms with E-state index >= 15 is 0 Å². The number of aryl methyl sites for hydroxylation is 1. The summed E-state index contributed by atoms with van der Waals surface area (Å²) in [5.41, 5.74) is 3.52. The van der Waals surface area contributed by atoms with E-state index in [0.717, 1.165) is 34.1 Å². The third kappa shape index (κ3) is 4.26. The van der Waals surface area contributed by atoms with Gasteiger partial charge in [0.05, 0.1) is 23.3 Å². The van der Waals surface area contributed by atoms with Crippen molar-refractivity contribution in [2.24, 2.45) is 0 Å². The molecule has 168 valence electrons. The molecule has 5 rings (SSSR count). The highest BCUT2D eigenvalue weighted by atomic mass is 127. The van der Waals surface area contributed by atoms with Crippen LogP contribution in [0.15, 0.2) is 84.6 Å². The Kier molecular flexibility index (Phi) is 5.68. The molecule has 2 atom stereocenters. The topological polar surface area (TPSA) is 32.3 Å². The van der Waals surface area contributed by atoms with Gasteiger partial charge < -0.3 is 5.32 Å². The Labute approximate surface area is 203 Å². The van der Waals surface area contributed by atoms with E-state index in [9.17, 15) is 18.0 Å². The lowest BCUT2D eigenvalue weighted by molar-refractivity contribution is -0.137. The summed E-state index contributed by atoms with van der Waals surface area (Å²) in [5, 5.41) is 3.42. The fourth-order valence-electron chi connectivity index (χ4n) is 4.59. The standard InChI is InChI=1S/C26H20F3IN2O/c27-26(28,29)18-9-11-20(12-10-18)32-24(17-5-3-6-19(30)14-17)15-23(25(32)33)31-22-13-8-16-4-1-2-7-21(16)22/h1-7,9-12,14-15,22,24,31H,8,13H2/t22-,24-/m0/s1. The highest BCUT2D eigenvalue weighted by molar-refractivity contribution is 14.1. The van der Waals surface area contributed by atoms with Crippen molar-refractivity contribution in [1.29, 1.82) is 0 Å². The number of carbonyl (C=O) groups is 1. The number of amides is 1. The number of halogens is 4. The number of benzene rings is 3. The summed E-state index contributed by atoms with van der Waals surface area (Å²) in [6.07, 6.45) is -0.716. The molecule has 33 heavy (non-hydrogen) atoms. The average molecular weight is 560 g/mol. The Bertz CT molecular complexity index is 1240. The summed E-state index contributed by atoms with van der Waals surface area (Å²) in [7, 11) is 0. The molecular formula is C26H20F3IN2O. The van der Waals surface area contributed by atoms with Crippen LogP contribution in [-0.4, -0.2) is 5.91 Å². The van der Waals surface area contributed by atoms with Crippen LogP contribution in [0.1, 0.15) is 40.8 Å². The largest absolute Gasteiger partial charge is 0.416 e. The lowest BCUT2D eigenvalue weighted by Crippen LogP contribution is -2.33. The number of nitrogens with one attached hydrogen (secondary N) is 1. The van der Waals surface area contributed by atoms with Crippen LogP contribution in [0, 0.1) is 3.57 Å². The molecule has 0 saturated carbocycles. The van der Waals surface area contributed by atoms with Gasteiger partial charge in [-0.1, -0.05) is 36.4 Å². The van der Waals surface area contributed by atoms with E-state index in [0.29, 0.717) is 11.4 Å². The zero-order valence-corrected chi connectivity index (χ0v) is 19.6. The van der Waals surface area contributed by atoms with Crippen molar-refractivity contribution in [3.8, 4) is 0 Å². The number of rotatable bonds is 4. The minimum atomic E-state index is -4.43. The molecule has 1 aliphatic carbocycles. The molecule has 2 aliphatic rings. The van der Waals surface area contributed by atoms with Gasteiger partial charge in [-0.3, -0.25) is 9.69 Å². The molecule has 0 bridgehead atoms. The van der Waals surface area contributed by atoms with Crippen molar-refractivity contribution in [2.75, 3.05) is 4.90 Å². The van der Waals surface area contributed by atoms with Crippen LogP contribution in [0.25, 0.3) is 0 Å². The molecule has 1 N–H and O–H groups in total. The lowest BCUT2D eigenvalue weighted by Gasteiger charge is -2.26. The number of alkyl halides is 3. The number of fused-ring (bicyclic) bond motifs is 1. The first kappa shape index (κ1) is 22.0. The van der Waals surface area contributed by atoms with Crippen LogP contribution in [0.4, 0.5) is 18.9 Å². The number of anilines is 1. The minimum Gasteiger partial charge on any atom is -0.374 e. The van der Waals surface area contributed by atoms with Gasteiger partial charge in [0.15, 0.2) is 0 Å². The summed E-state index contributed by atoms with van der Waals surface area (Å²) in [6, 6.07) is 20.4. The zero-order valence-electron chi connectivity index (χ0n) is 17.4. The summed E-state index contributed by atoms with van der Waals surface area (Å²) < 4.78 is 40.2. The number of carbonyl (C=O) groups excluding carboxylic acids is 1. The smallest absolute Gasteiger partial charge is 0.374 e. The second-order valence-corrected chi connectivity index (χ2v) is 9.48. The van der Waals surface area contributed by atoms with E-state index in [4.69, 9.17) is 0 Å². The van der Waals surface area contributed by atoms with Crippen LogP contribution in [0.2, 0.25) is 0 Å². The Morgan fingerprint density at radius 1 is 0.970 bits per heavy atom. The summed E-state index contributed by atoms with van der Waals surface area (Å²) in [5.74, 6) is -0.247. The number of hydrogen-bond donors (Lipinski definition) is 1. The van der Waals surface area contributed by atoms with Crippen LogP contribution >= 0.6 is 22.6 Å². The molecule has 0 unspecified atom stereocenters. The maximum absolute atomic E-state index is 13.5. The number of nitrogens with zero attached hydrogens (tertiary/aromatic N) is 1. The van der Waals surface area contributed by atoms with Crippen molar-refractivity contribution in [2.45, 2.75) is 31.1 Å². The monoisotopic (exact) mass is 560 g/mol. The minimum absolute atomic E-state index is 0.0283. The SMILES string of the molecule is O=C1C(N[C@H]2CCc3ccccc32)=C[C@@H](c2cccc(I)c2)N1c1ccc(C(F)(F)F)cc1. The maximum Gasteiger partial charge on any atom is 0.416 e. The highest BCUT2D eigenvalue weighted by Crippen LogP contribution is 2.39. The van der Waals surface area contributed by atoms with Gasteiger partial charge in [0.2, 0.25) is 0 Å². The Hall–Kier alpha value is -2.81. The van der Waals surface area contributed by atoms with Gasteiger partial charge >= 0.3 is 6.18 Å². The zero-order chi connectivity index (χ0) is 23.2.